The molecule has 0 heterocycles. The van der Waals surface area contributed by atoms with Crippen molar-refractivity contribution in [3.63, 3.8) is 0 Å². The minimum atomic E-state index is -4.11. The van der Waals surface area contributed by atoms with Crippen LogP contribution in [0.15, 0.2) is 77.7 Å². The van der Waals surface area contributed by atoms with E-state index >= 15 is 0 Å². The molecule has 3 aromatic carbocycles. The lowest BCUT2D eigenvalue weighted by Gasteiger charge is -2.33. The van der Waals surface area contributed by atoms with Crippen molar-refractivity contribution in [1.29, 1.82) is 0 Å². The summed E-state index contributed by atoms with van der Waals surface area (Å²) in [5.74, 6) is -0.856. The van der Waals surface area contributed by atoms with E-state index in [1.54, 1.807) is 67.6 Å². The van der Waals surface area contributed by atoms with E-state index in [1.807, 2.05) is 13.8 Å². The Hall–Kier alpha value is -3.07. The number of amides is 2. The first kappa shape index (κ1) is 30.5. The molecule has 0 bridgehead atoms. The number of sulfonamides is 1. The number of hydrogen-bond donors (Lipinski definition) is 1. The quantitative estimate of drug-likeness (QED) is 0.288. The molecule has 0 fully saturated rings. The van der Waals surface area contributed by atoms with Gasteiger partial charge in [0.2, 0.25) is 11.8 Å². The molecule has 39 heavy (non-hydrogen) atoms. The van der Waals surface area contributed by atoms with Gasteiger partial charge in [0.1, 0.15) is 12.6 Å². The molecule has 0 saturated carbocycles. The predicted molar refractivity (Wildman–Crippen MR) is 157 cm³/mol. The van der Waals surface area contributed by atoms with Crippen LogP contribution < -0.4 is 9.62 Å². The number of carbonyl (C=O) groups is 2. The molecule has 7 nitrogen and oxygen atoms in total. The number of carbonyl (C=O) groups excluding carboxylic acids is 2. The smallest absolute Gasteiger partial charge is 0.264 e. The third kappa shape index (κ3) is 7.75. The summed E-state index contributed by atoms with van der Waals surface area (Å²) in [6.45, 7) is 5.58. The van der Waals surface area contributed by atoms with E-state index in [0.29, 0.717) is 34.3 Å². The van der Waals surface area contributed by atoms with Crippen molar-refractivity contribution < 1.29 is 18.0 Å². The molecule has 1 atom stereocenters. The van der Waals surface area contributed by atoms with E-state index in [1.165, 1.54) is 17.0 Å². The molecule has 10 heteroatoms. The van der Waals surface area contributed by atoms with E-state index in [0.717, 1.165) is 16.3 Å². The van der Waals surface area contributed by atoms with Gasteiger partial charge in [-0.05, 0) is 61.7 Å². The number of rotatable bonds is 12. The van der Waals surface area contributed by atoms with Crippen LogP contribution in [0, 0.1) is 6.92 Å². The second-order valence-electron chi connectivity index (χ2n) is 9.13. The molecular formula is C29H33Cl2N3O4S. The Morgan fingerprint density at radius 1 is 0.949 bits per heavy atom. The molecule has 0 aliphatic carbocycles. The summed E-state index contributed by atoms with van der Waals surface area (Å²) in [4.78, 5) is 28.6. The zero-order valence-electron chi connectivity index (χ0n) is 22.2. The molecule has 0 saturated heterocycles. The molecular weight excluding hydrogens is 557 g/mol. The van der Waals surface area contributed by atoms with Gasteiger partial charge in [0.05, 0.1) is 10.6 Å². The maximum Gasteiger partial charge on any atom is 0.264 e. The van der Waals surface area contributed by atoms with Crippen LogP contribution in [0.1, 0.15) is 37.8 Å². The van der Waals surface area contributed by atoms with Gasteiger partial charge >= 0.3 is 0 Å². The highest BCUT2D eigenvalue weighted by atomic mass is 35.5. The zero-order valence-corrected chi connectivity index (χ0v) is 24.6. The third-order valence-electron chi connectivity index (χ3n) is 6.22. The zero-order chi connectivity index (χ0) is 28.6. The summed E-state index contributed by atoms with van der Waals surface area (Å²) in [6.07, 6.45) is 1.05. The van der Waals surface area contributed by atoms with Gasteiger partial charge in [-0.2, -0.15) is 0 Å². The van der Waals surface area contributed by atoms with Gasteiger partial charge < -0.3 is 10.2 Å². The van der Waals surface area contributed by atoms with Gasteiger partial charge in [0.25, 0.3) is 10.0 Å². The molecule has 0 aliphatic rings. The number of anilines is 1. The predicted octanol–water partition coefficient (Wildman–Crippen LogP) is 5.83. The van der Waals surface area contributed by atoms with Crippen molar-refractivity contribution in [3.05, 3.63) is 94.0 Å². The average molecular weight is 591 g/mol. The van der Waals surface area contributed by atoms with Crippen molar-refractivity contribution in [1.82, 2.24) is 10.2 Å². The first-order chi connectivity index (χ1) is 18.6. The van der Waals surface area contributed by atoms with Gasteiger partial charge in [-0.25, -0.2) is 8.42 Å². The maximum absolute atomic E-state index is 14.0. The van der Waals surface area contributed by atoms with Gasteiger partial charge in [0, 0.05) is 23.1 Å². The minimum absolute atomic E-state index is 0.00000958. The minimum Gasteiger partial charge on any atom is -0.354 e. The van der Waals surface area contributed by atoms with Crippen LogP contribution in [-0.2, 0) is 26.2 Å². The Bertz CT molecular complexity index is 1380. The van der Waals surface area contributed by atoms with Crippen LogP contribution >= 0.6 is 23.2 Å². The van der Waals surface area contributed by atoms with Crippen molar-refractivity contribution in [2.24, 2.45) is 0 Å². The van der Waals surface area contributed by atoms with Crippen LogP contribution in [-0.4, -0.2) is 44.3 Å². The van der Waals surface area contributed by atoms with E-state index in [2.05, 4.69) is 5.32 Å². The fourth-order valence-corrected chi connectivity index (χ4v) is 5.98. The number of nitrogens with one attached hydrogen (secondary N) is 1. The van der Waals surface area contributed by atoms with E-state index in [4.69, 9.17) is 23.2 Å². The molecule has 2 amide bonds. The number of aryl methyl sites for hydroxylation is 1. The summed E-state index contributed by atoms with van der Waals surface area (Å²) < 4.78 is 28.6. The molecule has 0 radical (unpaired) electrons. The lowest BCUT2D eigenvalue weighted by molar-refractivity contribution is -0.140. The van der Waals surface area contributed by atoms with Gasteiger partial charge in [-0.15, -0.1) is 0 Å². The Morgan fingerprint density at radius 2 is 1.62 bits per heavy atom. The lowest BCUT2D eigenvalue weighted by Crippen LogP contribution is -2.52. The van der Waals surface area contributed by atoms with E-state index in [9.17, 15) is 18.0 Å². The summed E-state index contributed by atoms with van der Waals surface area (Å²) >= 11 is 12.5. The SMILES string of the molecule is CCCNC(=O)[C@H](CC)N(Cc1ccc(Cl)cc1Cl)C(=O)CN(c1ccc(C)cc1)S(=O)(=O)c1ccccc1. The van der Waals surface area contributed by atoms with Crippen molar-refractivity contribution in [3.8, 4) is 0 Å². The van der Waals surface area contributed by atoms with Crippen LogP contribution in [0.2, 0.25) is 10.0 Å². The molecule has 0 spiro atoms. The fourth-order valence-electron chi connectivity index (χ4n) is 4.08. The Balaban J connectivity index is 2.05. The number of benzene rings is 3. The molecule has 3 aromatic rings. The van der Waals surface area contributed by atoms with Crippen molar-refractivity contribution >= 4 is 50.7 Å². The normalized spacial score (nSPS) is 12.0. The average Bonchev–Trinajstić information content (AvgIpc) is 2.92. The Labute approximate surface area is 240 Å². The van der Waals surface area contributed by atoms with Crippen LogP contribution in [0.4, 0.5) is 5.69 Å². The third-order valence-corrected chi connectivity index (χ3v) is 8.60. The summed E-state index contributed by atoms with van der Waals surface area (Å²) in [6, 6.07) is 18.9. The highest BCUT2D eigenvalue weighted by Gasteiger charge is 2.33. The van der Waals surface area contributed by atoms with Crippen LogP contribution in [0.3, 0.4) is 0 Å². The molecule has 0 unspecified atom stereocenters. The van der Waals surface area contributed by atoms with Crippen LogP contribution in [0.5, 0.6) is 0 Å². The largest absolute Gasteiger partial charge is 0.354 e. The lowest BCUT2D eigenvalue weighted by atomic mass is 10.1. The Kier molecular flexibility index (Phi) is 10.8. The first-order valence-corrected chi connectivity index (χ1v) is 14.9. The first-order valence-electron chi connectivity index (χ1n) is 12.7. The van der Waals surface area contributed by atoms with Crippen molar-refractivity contribution in [2.45, 2.75) is 51.1 Å². The van der Waals surface area contributed by atoms with Crippen molar-refractivity contribution in [2.75, 3.05) is 17.4 Å². The molecule has 208 valence electrons. The van der Waals surface area contributed by atoms with Gasteiger partial charge in [0.15, 0.2) is 0 Å². The number of hydrogen-bond acceptors (Lipinski definition) is 4. The number of nitrogens with zero attached hydrogens (tertiary/aromatic N) is 2. The molecule has 0 aromatic heterocycles. The monoisotopic (exact) mass is 589 g/mol. The van der Waals surface area contributed by atoms with Crippen LogP contribution in [0.25, 0.3) is 0 Å². The highest BCUT2D eigenvalue weighted by molar-refractivity contribution is 7.92. The van der Waals surface area contributed by atoms with Gasteiger partial charge in [-0.3, -0.25) is 13.9 Å². The molecule has 0 aliphatic heterocycles. The summed E-state index contributed by atoms with van der Waals surface area (Å²) in [5, 5.41) is 3.64. The standard InChI is InChI=1S/C29H33Cl2N3O4S/c1-4-17-32-29(36)27(5-2)33(19-22-13-14-23(30)18-26(22)31)28(35)20-34(24-15-11-21(3)12-16-24)39(37,38)25-9-7-6-8-10-25/h6-16,18,27H,4-5,17,19-20H2,1-3H3,(H,32,36)/t27-/m0/s1. The summed E-state index contributed by atoms with van der Waals surface area (Å²) in [7, 11) is -4.11. The number of halogens is 2. The maximum atomic E-state index is 14.0. The highest BCUT2D eigenvalue weighted by Crippen LogP contribution is 2.27. The summed E-state index contributed by atoms with van der Waals surface area (Å²) in [5.41, 5.74) is 1.87. The van der Waals surface area contributed by atoms with E-state index < -0.39 is 28.5 Å². The van der Waals surface area contributed by atoms with Gasteiger partial charge in [-0.1, -0.05) is 79.0 Å². The second kappa shape index (κ2) is 13.8. The topological polar surface area (TPSA) is 86.8 Å². The second-order valence-corrected chi connectivity index (χ2v) is 11.8. The Morgan fingerprint density at radius 3 is 2.21 bits per heavy atom. The molecule has 3 rings (SSSR count). The van der Waals surface area contributed by atoms with E-state index in [-0.39, 0.29) is 17.3 Å². The fraction of sp³-hybridized carbons (Fsp3) is 0.310. The molecule has 1 N–H and O–H groups in total.